The molecule has 5 nitrogen and oxygen atoms in total. The Morgan fingerprint density at radius 3 is 2.48 bits per heavy atom. The van der Waals surface area contributed by atoms with Gasteiger partial charge in [-0.1, -0.05) is 42.5 Å². The highest BCUT2D eigenvalue weighted by molar-refractivity contribution is 5.40. The van der Waals surface area contributed by atoms with Crippen LogP contribution in [0.4, 0.5) is 16.2 Å². The zero-order valence-electron chi connectivity index (χ0n) is 16.5. The topological polar surface area (TPSA) is 53.9 Å². The van der Waals surface area contributed by atoms with Gasteiger partial charge in [0.05, 0.1) is 6.20 Å². The lowest BCUT2D eigenvalue weighted by Crippen LogP contribution is -2.35. The Morgan fingerprint density at radius 2 is 1.72 bits per heavy atom. The third kappa shape index (κ3) is 5.50. The largest absolute Gasteiger partial charge is 0.355 e. The predicted octanol–water partition coefficient (Wildman–Crippen LogP) is 4.12. The van der Waals surface area contributed by atoms with Gasteiger partial charge in [-0.25, -0.2) is 4.39 Å². The van der Waals surface area contributed by atoms with Crippen molar-refractivity contribution >= 4 is 11.8 Å². The smallest absolute Gasteiger partial charge is 0.244 e. The molecule has 6 heteroatoms. The van der Waals surface area contributed by atoms with E-state index in [0.717, 1.165) is 56.1 Å². The number of hydrogen-bond donors (Lipinski definition) is 1. The van der Waals surface area contributed by atoms with Crippen molar-refractivity contribution in [1.82, 2.24) is 15.2 Å². The third-order valence-corrected chi connectivity index (χ3v) is 5.46. The van der Waals surface area contributed by atoms with Gasteiger partial charge in [0.25, 0.3) is 0 Å². The molecule has 0 radical (unpaired) electrons. The van der Waals surface area contributed by atoms with Gasteiger partial charge in [0.15, 0.2) is 5.82 Å². The zero-order chi connectivity index (χ0) is 19.9. The lowest BCUT2D eigenvalue weighted by atomic mass is 9.90. The van der Waals surface area contributed by atoms with Crippen LogP contribution < -0.4 is 10.2 Å². The third-order valence-electron chi connectivity index (χ3n) is 5.46. The van der Waals surface area contributed by atoms with Gasteiger partial charge in [-0.15, -0.1) is 5.10 Å². The second kappa shape index (κ2) is 9.45. The van der Waals surface area contributed by atoms with Gasteiger partial charge < -0.3 is 10.2 Å². The van der Waals surface area contributed by atoms with E-state index in [1.165, 1.54) is 17.7 Å². The molecule has 0 saturated carbocycles. The zero-order valence-corrected chi connectivity index (χ0v) is 16.5. The molecule has 29 heavy (non-hydrogen) atoms. The summed E-state index contributed by atoms with van der Waals surface area (Å²) in [5, 5.41) is 11.4. The molecular weight excluding hydrogens is 365 g/mol. The van der Waals surface area contributed by atoms with E-state index in [0.29, 0.717) is 12.5 Å². The minimum atomic E-state index is -0.213. The van der Waals surface area contributed by atoms with Gasteiger partial charge in [0, 0.05) is 19.6 Å². The Balaban J connectivity index is 1.27. The fourth-order valence-electron chi connectivity index (χ4n) is 3.81. The van der Waals surface area contributed by atoms with Crippen LogP contribution in [0, 0.1) is 11.7 Å². The van der Waals surface area contributed by atoms with Crippen LogP contribution in [0.5, 0.6) is 0 Å². The van der Waals surface area contributed by atoms with E-state index in [1.54, 1.807) is 18.3 Å². The molecule has 0 spiro atoms. The summed E-state index contributed by atoms with van der Waals surface area (Å²) in [6.45, 7) is 2.66. The summed E-state index contributed by atoms with van der Waals surface area (Å²) in [5.74, 6) is 1.92. The van der Waals surface area contributed by atoms with Crippen LogP contribution in [0.1, 0.15) is 24.0 Å². The molecule has 1 fully saturated rings. The molecular formula is C23H26FN5. The number of benzene rings is 2. The van der Waals surface area contributed by atoms with Crippen molar-refractivity contribution in [3.63, 3.8) is 0 Å². The summed E-state index contributed by atoms with van der Waals surface area (Å²) in [7, 11) is 0. The maximum atomic E-state index is 13.0. The van der Waals surface area contributed by atoms with Crippen LogP contribution in [0.15, 0.2) is 60.8 Å². The Labute approximate surface area is 171 Å². The molecule has 1 saturated heterocycles. The van der Waals surface area contributed by atoms with E-state index in [1.807, 2.05) is 0 Å². The molecule has 0 aliphatic carbocycles. The summed E-state index contributed by atoms with van der Waals surface area (Å²) < 4.78 is 13.0. The lowest BCUT2D eigenvalue weighted by Gasteiger charge is -2.32. The Morgan fingerprint density at radius 1 is 0.966 bits per heavy atom. The number of rotatable bonds is 7. The molecule has 1 aliphatic rings. The molecule has 2 aromatic carbocycles. The first-order valence-electron chi connectivity index (χ1n) is 10.2. The first-order valence-corrected chi connectivity index (χ1v) is 10.2. The van der Waals surface area contributed by atoms with Crippen molar-refractivity contribution in [2.75, 3.05) is 29.9 Å². The molecule has 1 aliphatic heterocycles. The summed E-state index contributed by atoms with van der Waals surface area (Å²) in [4.78, 5) is 6.92. The van der Waals surface area contributed by atoms with Crippen molar-refractivity contribution in [1.29, 1.82) is 0 Å². The van der Waals surface area contributed by atoms with E-state index < -0.39 is 0 Å². The maximum Gasteiger partial charge on any atom is 0.244 e. The summed E-state index contributed by atoms with van der Waals surface area (Å²) in [6, 6.07) is 17.3. The van der Waals surface area contributed by atoms with Gasteiger partial charge >= 0.3 is 0 Å². The number of hydrogen-bond acceptors (Lipinski definition) is 5. The number of anilines is 2. The molecule has 0 amide bonds. The number of aromatic nitrogens is 3. The highest BCUT2D eigenvalue weighted by Gasteiger charge is 2.21. The van der Waals surface area contributed by atoms with Crippen LogP contribution in [-0.2, 0) is 12.8 Å². The molecule has 0 atom stereocenters. The molecule has 1 aromatic heterocycles. The number of nitrogens with one attached hydrogen (secondary N) is 1. The molecule has 0 bridgehead atoms. The molecule has 0 unspecified atom stereocenters. The standard InChI is InChI=1S/C23H26FN5/c24-21-8-6-18(7-9-21)10-13-25-23-27-22(17-26-28-23)29-14-11-20(12-15-29)16-19-4-2-1-3-5-19/h1-9,17,20H,10-16H2,(H,25,27,28). The Hall–Kier alpha value is -3.02. The van der Waals surface area contributed by atoms with E-state index in [4.69, 9.17) is 0 Å². The first kappa shape index (κ1) is 19.3. The van der Waals surface area contributed by atoms with Gasteiger partial charge in [0.1, 0.15) is 5.82 Å². The average Bonchev–Trinajstić information content (AvgIpc) is 2.77. The van der Waals surface area contributed by atoms with Gasteiger partial charge in [-0.05, 0) is 54.9 Å². The average molecular weight is 391 g/mol. The van der Waals surface area contributed by atoms with Gasteiger partial charge in [-0.3, -0.25) is 0 Å². The predicted molar refractivity (Wildman–Crippen MR) is 114 cm³/mol. The molecule has 3 aromatic rings. The van der Waals surface area contributed by atoms with E-state index in [-0.39, 0.29) is 5.82 Å². The number of halogens is 1. The second-order valence-corrected chi connectivity index (χ2v) is 7.56. The van der Waals surface area contributed by atoms with Crippen molar-refractivity contribution in [3.05, 3.63) is 77.7 Å². The van der Waals surface area contributed by atoms with E-state index >= 15 is 0 Å². The fourth-order valence-corrected chi connectivity index (χ4v) is 3.81. The Bertz CT molecular complexity index is 893. The van der Waals surface area contributed by atoms with Crippen LogP contribution in [0.25, 0.3) is 0 Å². The normalized spacial score (nSPS) is 14.7. The Kier molecular flexibility index (Phi) is 6.29. The minimum absolute atomic E-state index is 0.213. The van der Waals surface area contributed by atoms with Crippen LogP contribution >= 0.6 is 0 Å². The van der Waals surface area contributed by atoms with E-state index in [2.05, 4.69) is 55.7 Å². The van der Waals surface area contributed by atoms with Gasteiger partial charge in [-0.2, -0.15) is 10.1 Å². The van der Waals surface area contributed by atoms with Crippen molar-refractivity contribution in [2.45, 2.75) is 25.7 Å². The van der Waals surface area contributed by atoms with Crippen LogP contribution in [0.3, 0.4) is 0 Å². The summed E-state index contributed by atoms with van der Waals surface area (Å²) in [5.41, 5.74) is 2.49. The summed E-state index contributed by atoms with van der Waals surface area (Å²) in [6.07, 6.45) is 5.98. The van der Waals surface area contributed by atoms with Crippen molar-refractivity contribution in [3.8, 4) is 0 Å². The highest BCUT2D eigenvalue weighted by Crippen LogP contribution is 2.24. The maximum absolute atomic E-state index is 13.0. The SMILES string of the molecule is Fc1ccc(CCNc2nncc(N3CCC(Cc4ccccc4)CC3)n2)cc1. The molecule has 1 N–H and O–H groups in total. The second-order valence-electron chi connectivity index (χ2n) is 7.56. The van der Waals surface area contributed by atoms with Crippen molar-refractivity contribution < 1.29 is 4.39 Å². The van der Waals surface area contributed by atoms with Gasteiger partial charge in [0.2, 0.25) is 5.95 Å². The lowest BCUT2D eigenvalue weighted by molar-refractivity contribution is 0.402. The molecule has 2 heterocycles. The summed E-state index contributed by atoms with van der Waals surface area (Å²) >= 11 is 0. The number of piperidine rings is 1. The van der Waals surface area contributed by atoms with Crippen LogP contribution in [0.2, 0.25) is 0 Å². The first-order chi connectivity index (χ1) is 14.3. The number of nitrogens with zero attached hydrogens (tertiary/aromatic N) is 4. The van der Waals surface area contributed by atoms with Crippen molar-refractivity contribution in [2.24, 2.45) is 5.92 Å². The quantitative estimate of drug-likeness (QED) is 0.656. The molecule has 4 rings (SSSR count). The molecule has 150 valence electrons. The van der Waals surface area contributed by atoms with E-state index in [9.17, 15) is 4.39 Å². The monoisotopic (exact) mass is 391 g/mol. The van der Waals surface area contributed by atoms with Crippen LogP contribution in [-0.4, -0.2) is 34.8 Å². The minimum Gasteiger partial charge on any atom is -0.355 e. The fraction of sp³-hybridized carbons (Fsp3) is 0.348. The highest BCUT2D eigenvalue weighted by atomic mass is 19.1.